The Hall–Kier alpha value is -0.610. The summed E-state index contributed by atoms with van der Waals surface area (Å²) in [7, 11) is 0. The summed E-state index contributed by atoms with van der Waals surface area (Å²) in [6.45, 7) is 7.19. The molecule has 1 N–H and O–H groups in total. The van der Waals surface area contributed by atoms with Crippen molar-refractivity contribution < 1.29 is 0 Å². The van der Waals surface area contributed by atoms with Gasteiger partial charge in [0.15, 0.2) is 0 Å². The van der Waals surface area contributed by atoms with E-state index in [1.165, 1.54) is 4.88 Å². The summed E-state index contributed by atoms with van der Waals surface area (Å²) in [5, 5.41) is 5.83. The molecular formula is C15H18Cl2N2S. The lowest BCUT2D eigenvalue weighted by molar-refractivity contribution is 0.603. The van der Waals surface area contributed by atoms with Gasteiger partial charge < -0.3 is 5.32 Å². The van der Waals surface area contributed by atoms with E-state index in [9.17, 15) is 0 Å². The lowest BCUT2D eigenvalue weighted by atomic mass is 10.0. The number of nitrogens with zero attached hydrogens (tertiary/aromatic N) is 1. The van der Waals surface area contributed by atoms with Gasteiger partial charge in [0, 0.05) is 4.88 Å². The first kappa shape index (κ1) is 15.8. The third-order valence-corrected chi connectivity index (χ3v) is 4.95. The number of halogens is 2. The smallest absolute Gasteiger partial charge is 0.0900 e. The molecule has 0 fully saturated rings. The van der Waals surface area contributed by atoms with Crippen molar-refractivity contribution in [2.24, 2.45) is 0 Å². The van der Waals surface area contributed by atoms with E-state index < -0.39 is 0 Å². The lowest BCUT2D eigenvalue weighted by Crippen LogP contribution is -2.23. The SMILES string of the molecule is CCCNC(c1ccc(Cl)c(Cl)c1)c1sc(C)nc1C. The van der Waals surface area contributed by atoms with E-state index in [4.69, 9.17) is 23.2 Å². The van der Waals surface area contributed by atoms with Crippen LogP contribution in [0.3, 0.4) is 0 Å². The van der Waals surface area contributed by atoms with Crippen LogP contribution in [0.5, 0.6) is 0 Å². The van der Waals surface area contributed by atoms with Crippen LogP contribution in [0.4, 0.5) is 0 Å². The molecule has 0 bridgehead atoms. The van der Waals surface area contributed by atoms with Gasteiger partial charge in [-0.1, -0.05) is 36.2 Å². The van der Waals surface area contributed by atoms with E-state index >= 15 is 0 Å². The highest BCUT2D eigenvalue weighted by Gasteiger charge is 2.19. The summed E-state index contributed by atoms with van der Waals surface area (Å²) < 4.78 is 0. The molecule has 0 aliphatic heterocycles. The number of benzene rings is 1. The first-order valence-corrected chi connectivity index (χ1v) is 8.22. The van der Waals surface area contributed by atoms with Gasteiger partial charge in [-0.25, -0.2) is 4.98 Å². The Bertz CT molecular complexity index is 596. The van der Waals surface area contributed by atoms with Crippen LogP contribution in [0.25, 0.3) is 0 Å². The third kappa shape index (κ3) is 3.53. The zero-order valence-corrected chi connectivity index (χ0v) is 14.2. The molecule has 0 amide bonds. The molecule has 5 heteroatoms. The summed E-state index contributed by atoms with van der Waals surface area (Å²) in [4.78, 5) is 5.77. The largest absolute Gasteiger partial charge is 0.306 e. The Morgan fingerprint density at radius 1 is 1.25 bits per heavy atom. The number of hydrogen-bond acceptors (Lipinski definition) is 3. The van der Waals surface area contributed by atoms with Crippen LogP contribution in [0.1, 0.15) is 40.5 Å². The molecule has 1 atom stereocenters. The lowest BCUT2D eigenvalue weighted by Gasteiger charge is -2.19. The van der Waals surface area contributed by atoms with Crippen molar-refractivity contribution in [3.63, 3.8) is 0 Å². The van der Waals surface area contributed by atoms with Crippen LogP contribution in [0, 0.1) is 13.8 Å². The zero-order valence-electron chi connectivity index (χ0n) is 11.8. The fourth-order valence-corrected chi connectivity index (χ4v) is 3.50. The number of hydrogen-bond donors (Lipinski definition) is 1. The van der Waals surface area contributed by atoms with Gasteiger partial charge in [0.2, 0.25) is 0 Å². The maximum absolute atomic E-state index is 6.15. The molecule has 1 heterocycles. The quantitative estimate of drug-likeness (QED) is 0.820. The number of aromatic nitrogens is 1. The van der Waals surface area contributed by atoms with Gasteiger partial charge in [-0.05, 0) is 44.5 Å². The van der Waals surface area contributed by atoms with Crippen LogP contribution >= 0.6 is 34.5 Å². The highest BCUT2D eigenvalue weighted by atomic mass is 35.5. The van der Waals surface area contributed by atoms with Gasteiger partial charge >= 0.3 is 0 Å². The van der Waals surface area contributed by atoms with Gasteiger partial charge in [-0.3, -0.25) is 0 Å². The van der Waals surface area contributed by atoms with Crippen molar-refractivity contribution in [2.45, 2.75) is 33.2 Å². The number of nitrogens with one attached hydrogen (secondary N) is 1. The molecule has 0 saturated heterocycles. The Morgan fingerprint density at radius 2 is 2.00 bits per heavy atom. The van der Waals surface area contributed by atoms with Gasteiger partial charge in [0.05, 0.1) is 26.8 Å². The Labute approximate surface area is 134 Å². The molecule has 0 aliphatic carbocycles. The van der Waals surface area contributed by atoms with E-state index in [0.717, 1.165) is 29.2 Å². The Morgan fingerprint density at radius 3 is 2.55 bits per heavy atom. The van der Waals surface area contributed by atoms with Gasteiger partial charge in [-0.15, -0.1) is 11.3 Å². The Balaban J connectivity index is 2.41. The van der Waals surface area contributed by atoms with Crippen LogP contribution in [-0.2, 0) is 0 Å². The molecule has 2 nitrogen and oxygen atoms in total. The summed E-state index contributed by atoms with van der Waals surface area (Å²) >= 11 is 13.9. The van der Waals surface area contributed by atoms with Gasteiger partial charge in [0.25, 0.3) is 0 Å². The monoisotopic (exact) mass is 328 g/mol. The van der Waals surface area contributed by atoms with E-state index in [2.05, 4.69) is 24.1 Å². The molecule has 0 aliphatic rings. The average molecular weight is 329 g/mol. The van der Waals surface area contributed by atoms with Crippen LogP contribution in [0.2, 0.25) is 10.0 Å². The van der Waals surface area contributed by atoms with Crippen molar-refractivity contribution in [1.82, 2.24) is 10.3 Å². The molecule has 1 aromatic heterocycles. The van der Waals surface area contributed by atoms with Crippen LogP contribution in [-0.4, -0.2) is 11.5 Å². The molecule has 2 aromatic rings. The van der Waals surface area contributed by atoms with Crippen molar-refractivity contribution in [3.8, 4) is 0 Å². The predicted molar refractivity (Wildman–Crippen MR) is 88.2 cm³/mol. The second-order valence-corrected chi connectivity index (χ2v) is 6.79. The van der Waals surface area contributed by atoms with Crippen LogP contribution < -0.4 is 5.32 Å². The molecular weight excluding hydrogens is 311 g/mol. The number of rotatable bonds is 5. The fraction of sp³-hybridized carbons (Fsp3) is 0.400. The van der Waals surface area contributed by atoms with Crippen molar-refractivity contribution >= 4 is 34.5 Å². The summed E-state index contributed by atoms with van der Waals surface area (Å²) in [6, 6.07) is 5.93. The summed E-state index contributed by atoms with van der Waals surface area (Å²) in [5.74, 6) is 0. The highest BCUT2D eigenvalue weighted by Crippen LogP contribution is 2.33. The fourth-order valence-electron chi connectivity index (χ4n) is 2.16. The topological polar surface area (TPSA) is 24.9 Å². The van der Waals surface area contributed by atoms with E-state index in [-0.39, 0.29) is 6.04 Å². The molecule has 0 radical (unpaired) electrons. The average Bonchev–Trinajstić information content (AvgIpc) is 2.73. The molecule has 1 unspecified atom stereocenters. The summed E-state index contributed by atoms with van der Waals surface area (Å²) in [6.07, 6.45) is 1.08. The zero-order chi connectivity index (χ0) is 14.7. The molecule has 0 saturated carbocycles. The predicted octanol–water partition coefficient (Wildman–Crippen LogP) is 5.16. The van der Waals surface area contributed by atoms with Gasteiger partial charge in [0.1, 0.15) is 0 Å². The minimum Gasteiger partial charge on any atom is -0.306 e. The van der Waals surface area contributed by atoms with Gasteiger partial charge in [-0.2, -0.15) is 0 Å². The second kappa shape index (κ2) is 6.90. The molecule has 1 aromatic carbocycles. The van der Waals surface area contributed by atoms with Crippen molar-refractivity contribution in [3.05, 3.63) is 49.4 Å². The minimum atomic E-state index is 0.121. The molecule has 0 spiro atoms. The number of thiazole rings is 1. The minimum absolute atomic E-state index is 0.121. The second-order valence-electron chi connectivity index (χ2n) is 4.74. The molecule has 108 valence electrons. The van der Waals surface area contributed by atoms with E-state index in [0.29, 0.717) is 10.0 Å². The third-order valence-electron chi connectivity index (χ3n) is 3.08. The Kier molecular flexibility index (Phi) is 5.44. The van der Waals surface area contributed by atoms with Crippen molar-refractivity contribution in [1.29, 1.82) is 0 Å². The first-order valence-electron chi connectivity index (χ1n) is 6.65. The number of aryl methyl sites for hydroxylation is 2. The van der Waals surface area contributed by atoms with E-state index in [1.54, 1.807) is 11.3 Å². The molecule has 2 rings (SSSR count). The first-order chi connectivity index (χ1) is 9.52. The van der Waals surface area contributed by atoms with Crippen LogP contribution in [0.15, 0.2) is 18.2 Å². The highest BCUT2D eigenvalue weighted by molar-refractivity contribution is 7.11. The van der Waals surface area contributed by atoms with E-state index in [1.807, 2.05) is 25.1 Å². The normalized spacial score (nSPS) is 12.7. The standard InChI is InChI=1S/C15H18Cl2N2S/c1-4-7-18-14(15-9(2)19-10(3)20-15)11-5-6-12(16)13(17)8-11/h5-6,8,14,18H,4,7H2,1-3H3. The maximum Gasteiger partial charge on any atom is 0.0900 e. The van der Waals surface area contributed by atoms with Crippen molar-refractivity contribution in [2.75, 3.05) is 6.54 Å². The maximum atomic E-state index is 6.15. The molecule has 20 heavy (non-hydrogen) atoms. The summed E-state index contributed by atoms with van der Waals surface area (Å²) in [5.41, 5.74) is 2.20.